The number of carbonyl (C=O) groups is 4. The summed E-state index contributed by atoms with van der Waals surface area (Å²) in [5.74, 6) is 2.07. The summed E-state index contributed by atoms with van der Waals surface area (Å²) >= 11 is 0. The molecule has 0 spiro atoms. The molecule has 3 N–H and O–H groups in total. The van der Waals surface area contributed by atoms with Crippen molar-refractivity contribution >= 4 is 23.4 Å². The minimum Gasteiger partial charge on any atom is -0.481 e. The Labute approximate surface area is 301 Å². The second kappa shape index (κ2) is 12.8. The Morgan fingerprint density at radius 2 is 1.66 bits per heavy atom. The third-order valence-corrected chi connectivity index (χ3v) is 17.1. The number of fused-ring (bicyclic) bond motifs is 7. The minimum atomic E-state index is -0.756. The summed E-state index contributed by atoms with van der Waals surface area (Å²) in [4.78, 5) is 52.6. The normalized spacial score (nSPS) is 44.9. The molecule has 7 heteroatoms. The molecule has 7 rings (SSSR count). The molecule has 1 aliphatic heterocycles. The molecular weight excluding hydrogens is 624 g/mol. The Morgan fingerprint density at radius 3 is 2.32 bits per heavy atom. The molecule has 0 aromatic rings. The van der Waals surface area contributed by atoms with Gasteiger partial charge in [-0.1, -0.05) is 54.0 Å². The fourth-order valence-electron chi connectivity index (χ4n) is 14.5. The van der Waals surface area contributed by atoms with Gasteiger partial charge in [0.15, 0.2) is 5.78 Å². The van der Waals surface area contributed by atoms with Crippen LogP contribution in [0.1, 0.15) is 138 Å². The number of carboxylic acids is 1. The van der Waals surface area contributed by atoms with Crippen molar-refractivity contribution in [3.05, 3.63) is 11.1 Å². The van der Waals surface area contributed by atoms with Crippen LogP contribution in [0.4, 0.5) is 0 Å². The highest BCUT2D eigenvalue weighted by atomic mass is 16.4. The van der Waals surface area contributed by atoms with E-state index >= 15 is 0 Å². The van der Waals surface area contributed by atoms with Gasteiger partial charge in [-0.2, -0.15) is 0 Å². The number of amides is 1. The van der Waals surface area contributed by atoms with Gasteiger partial charge in [0.2, 0.25) is 5.91 Å². The van der Waals surface area contributed by atoms with Gasteiger partial charge in [-0.15, -0.1) is 0 Å². The van der Waals surface area contributed by atoms with Crippen LogP contribution in [0, 0.1) is 74.9 Å². The number of carbonyl (C=O) groups excluding carboxylic acids is 3. The largest absolute Gasteiger partial charge is 0.481 e. The first-order chi connectivity index (χ1) is 23.5. The summed E-state index contributed by atoms with van der Waals surface area (Å²) in [5, 5.41) is 16.3. The van der Waals surface area contributed by atoms with E-state index in [1.165, 1.54) is 31.3 Å². The molecule has 50 heavy (non-hydrogen) atoms. The number of ketones is 2. The van der Waals surface area contributed by atoms with E-state index in [0.29, 0.717) is 79.4 Å². The van der Waals surface area contributed by atoms with E-state index in [0.717, 1.165) is 50.6 Å². The van der Waals surface area contributed by atoms with Crippen molar-refractivity contribution in [2.45, 2.75) is 144 Å². The van der Waals surface area contributed by atoms with E-state index < -0.39 is 5.97 Å². The van der Waals surface area contributed by atoms with Crippen LogP contribution in [0.3, 0.4) is 0 Å². The first-order valence-electron chi connectivity index (χ1n) is 20.6. The SMILES string of the molecule is CC(C)C1=C2C3CCC4C(C)(CCC5C(C)(C)C(CC(=O)C6CC(C(=O)O)C6C)CCC54C)C3CCC2(CC(=O)NCC2CCCN2)CC1=O. The van der Waals surface area contributed by atoms with Gasteiger partial charge in [0.05, 0.1) is 5.92 Å². The van der Waals surface area contributed by atoms with E-state index in [2.05, 4.69) is 52.2 Å². The summed E-state index contributed by atoms with van der Waals surface area (Å²) in [7, 11) is 0. The molecule has 12 unspecified atom stereocenters. The molecule has 0 aromatic heterocycles. The summed E-state index contributed by atoms with van der Waals surface area (Å²) in [5.41, 5.74) is 2.60. The Balaban J connectivity index is 1.10. The molecule has 6 aliphatic carbocycles. The second-order valence-corrected chi connectivity index (χ2v) is 20.0. The molecule has 12 atom stereocenters. The lowest BCUT2D eigenvalue weighted by atomic mass is 9.35. The van der Waals surface area contributed by atoms with Crippen LogP contribution in [0.25, 0.3) is 0 Å². The Kier molecular flexibility index (Phi) is 9.33. The van der Waals surface area contributed by atoms with Crippen molar-refractivity contribution in [2.24, 2.45) is 74.9 Å². The van der Waals surface area contributed by atoms with E-state index in [1.54, 1.807) is 0 Å². The average molecular weight is 691 g/mol. The lowest BCUT2D eigenvalue weighted by Gasteiger charge is -2.69. The van der Waals surface area contributed by atoms with Crippen LogP contribution in [-0.4, -0.2) is 47.7 Å². The highest BCUT2D eigenvalue weighted by molar-refractivity contribution is 6.01. The molecule has 1 amide bonds. The highest BCUT2D eigenvalue weighted by Gasteiger charge is 2.66. The molecule has 7 aliphatic rings. The van der Waals surface area contributed by atoms with Crippen molar-refractivity contribution in [3.63, 3.8) is 0 Å². The molecule has 5 saturated carbocycles. The maximum absolute atomic E-state index is 13.9. The van der Waals surface area contributed by atoms with Gasteiger partial charge in [-0.3, -0.25) is 19.2 Å². The number of nitrogens with one attached hydrogen (secondary N) is 2. The van der Waals surface area contributed by atoms with Crippen LogP contribution in [0.2, 0.25) is 0 Å². The van der Waals surface area contributed by atoms with Crippen molar-refractivity contribution in [2.75, 3.05) is 13.1 Å². The zero-order chi connectivity index (χ0) is 36.0. The lowest BCUT2D eigenvalue weighted by molar-refractivity contribution is -0.193. The molecule has 278 valence electrons. The summed E-state index contributed by atoms with van der Waals surface area (Å²) in [6, 6.07) is 0.365. The first-order valence-corrected chi connectivity index (χ1v) is 20.6. The van der Waals surface area contributed by atoms with Crippen molar-refractivity contribution < 1.29 is 24.3 Å². The standard InChI is InChI=1S/C43H66N2O5/c1-24(2)37-33(47)21-43(22-36(48)45-23-27-9-8-18-44-27)17-13-31-28(38(37)43)10-11-35-41(31,6)16-14-34-40(4,5)26(12-15-42(34,35)7)19-32(46)29-20-30(25(29)3)39(49)50/h24-31,34-35,44H,8-23H2,1-7H3,(H,45,48)(H,49,50). The molecule has 0 aromatic carbocycles. The number of Topliss-reactive ketones (excluding diaryl/α,β-unsaturated/α-hetero) is 2. The number of rotatable bonds is 9. The van der Waals surface area contributed by atoms with Crippen LogP contribution in [-0.2, 0) is 19.2 Å². The zero-order valence-electron chi connectivity index (χ0n) is 32.2. The smallest absolute Gasteiger partial charge is 0.306 e. The van der Waals surface area contributed by atoms with Crippen molar-refractivity contribution in [1.82, 2.24) is 10.6 Å². The molecule has 1 saturated heterocycles. The number of carboxylic acid groups (broad SMARTS) is 1. The van der Waals surface area contributed by atoms with Gasteiger partial charge in [0.25, 0.3) is 0 Å². The van der Waals surface area contributed by atoms with E-state index in [-0.39, 0.29) is 51.2 Å². The maximum Gasteiger partial charge on any atom is 0.306 e. The van der Waals surface area contributed by atoms with Crippen LogP contribution in [0.15, 0.2) is 11.1 Å². The van der Waals surface area contributed by atoms with E-state index in [4.69, 9.17) is 0 Å². The second-order valence-electron chi connectivity index (χ2n) is 20.0. The maximum atomic E-state index is 13.9. The third-order valence-electron chi connectivity index (χ3n) is 17.1. The minimum absolute atomic E-state index is 0.0499. The fraction of sp³-hybridized carbons (Fsp3) is 0.860. The van der Waals surface area contributed by atoms with Gasteiger partial charge < -0.3 is 15.7 Å². The first kappa shape index (κ1) is 36.3. The predicted molar refractivity (Wildman–Crippen MR) is 195 cm³/mol. The van der Waals surface area contributed by atoms with Gasteiger partial charge in [-0.05, 0) is 140 Å². The van der Waals surface area contributed by atoms with Crippen LogP contribution < -0.4 is 10.6 Å². The number of hydrogen-bond acceptors (Lipinski definition) is 5. The van der Waals surface area contributed by atoms with Crippen LogP contribution in [0.5, 0.6) is 0 Å². The predicted octanol–water partition coefficient (Wildman–Crippen LogP) is 7.77. The molecular formula is C43H66N2O5. The van der Waals surface area contributed by atoms with Gasteiger partial charge >= 0.3 is 5.97 Å². The molecule has 0 bridgehead atoms. The zero-order valence-corrected chi connectivity index (χ0v) is 32.2. The number of aliphatic carboxylic acids is 1. The number of hydrogen-bond donors (Lipinski definition) is 3. The lowest BCUT2D eigenvalue weighted by Crippen LogP contribution is -2.62. The summed E-state index contributed by atoms with van der Waals surface area (Å²) < 4.78 is 0. The number of allylic oxidation sites excluding steroid dienone is 2. The Morgan fingerprint density at radius 1 is 0.920 bits per heavy atom. The Hall–Kier alpha value is -2.02. The summed E-state index contributed by atoms with van der Waals surface area (Å²) in [6.45, 7) is 18.1. The van der Waals surface area contributed by atoms with E-state index in [1.807, 2.05) is 6.92 Å². The monoisotopic (exact) mass is 690 g/mol. The van der Waals surface area contributed by atoms with Crippen molar-refractivity contribution in [3.8, 4) is 0 Å². The average Bonchev–Trinajstić information content (AvgIpc) is 3.65. The van der Waals surface area contributed by atoms with Crippen LogP contribution >= 0.6 is 0 Å². The van der Waals surface area contributed by atoms with Gasteiger partial charge in [0, 0.05) is 43.2 Å². The van der Waals surface area contributed by atoms with E-state index in [9.17, 15) is 24.3 Å². The fourth-order valence-corrected chi connectivity index (χ4v) is 14.5. The highest BCUT2D eigenvalue weighted by Crippen LogP contribution is 2.74. The molecule has 6 fully saturated rings. The quantitative estimate of drug-likeness (QED) is 0.228. The van der Waals surface area contributed by atoms with Crippen molar-refractivity contribution in [1.29, 1.82) is 0 Å². The third kappa shape index (κ3) is 5.59. The van der Waals surface area contributed by atoms with Gasteiger partial charge in [-0.25, -0.2) is 0 Å². The molecule has 1 heterocycles. The van der Waals surface area contributed by atoms with Gasteiger partial charge in [0.1, 0.15) is 5.78 Å². The summed E-state index contributed by atoms with van der Waals surface area (Å²) in [6.07, 6.45) is 13.3. The Bertz CT molecular complexity index is 1440. The topological polar surface area (TPSA) is 113 Å². The molecule has 0 radical (unpaired) electrons. The molecule has 7 nitrogen and oxygen atoms in total.